The molecule has 1 rings (SSSR count). The summed E-state index contributed by atoms with van der Waals surface area (Å²) < 4.78 is 0. The van der Waals surface area contributed by atoms with Crippen LogP contribution >= 0.6 is 0 Å². The zero-order chi connectivity index (χ0) is 14.4. The second kappa shape index (κ2) is 7.14. The Balaban J connectivity index is 2.83. The average Bonchev–Trinajstić information content (AvgIpc) is 2.34. The van der Waals surface area contributed by atoms with Crippen LogP contribution in [-0.4, -0.2) is 29.9 Å². The molecule has 0 heterocycles. The lowest BCUT2D eigenvalue weighted by Crippen LogP contribution is -2.47. The number of nitrogens with two attached hydrogens (primary N) is 1. The molecule has 0 saturated carbocycles. The molecule has 0 fully saturated rings. The molecule has 1 amide bonds. The Morgan fingerprint density at radius 2 is 1.95 bits per heavy atom. The van der Waals surface area contributed by atoms with Gasteiger partial charge in [-0.1, -0.05) is 33.8 Å². The van der Waals surface area contributed by atoms with Gasteiger partial charge in [0.2, 0.25) is 5.91 Å². The standard InChI is InChI=1S/C15H25N3O/c1-5-18(6-2)14(11(3)4)15(19)17-13-9-7-8-12(16)10-13/h7-11,14H,5-6,16H2,1-4H3,(H,17,19). The van der Waals surface area contributed by atoms with Gasteiger partial charge in [-0.3, -0.25) is 9.69 Å². The maximum Gasteiger partial charge on any atom is 0.241 e. The topological polar surface area (TPSA) is 58.4 Å². The summed E-state index contributed by atoms with van der Waals surface area (Å²) in [5, 5.41) is 2.95. The van der Waals surface area contributed by atoms with E-state index in [-0.39, 0.29) is 17.9 Å². The van der Waals surface area contributed by atoms with Crippen molar-refractivity contribution >= 4 is 17.3 Å². The SMILES string of the molecule is CCN(CC)C(C(=O)Nc1cccc(N)c1)C(C)C. The lowest BCUT2D eigenvalue weighted by atomic mass is 10.0. The van der Waals surface area contributed by atoms with Gasteiger partial charge in [-0.15, -0.1) is 0 Å². The highest BCUT2D eigenvalue weighted by Gasteiger charge is 2.27. The predicted octanol–water partition coefficient (Wildman–Crippen LogP) is 2.57. The summed E-state index contributed by atoms with van der Waals surface area (Å²) in [7, 11) is 0. The Morgan fingerprint density at radius 1 is 1.32 bits per heavy atom. The summed E-state index contributed by atoms with van der Waals surface area (Å²) >= 11 is 0. The Morgan fingerprint density at radius 3 is 2.42 bits per heavy atom. The second-order valence-electron chi connectivity index (χ2n) is 5.02. The highest BCUT2D eigenvalue weighted by molar-refractivity contribution is 5.95. The number of carbonyl (C=O) groups excluding carboxylic acids is 1. The van der Waals surface area contributed by atoms with Gasteiger partial charge in [-0.25, -0.2) is 0 Å². The van der Waals surface area contributed by atoms with Gasteiger partial charge in [0.15, 0.2) is 0 Å². The van der Waals surface area contributed by atoms with Crippen LogP contribution in [0.2, 0.25) is 0 Å². The molecule has 0 bridgehead atoms. The molecule has 1 aromatic rings. The number of amides is 1. The first-order valence-corrected chi connectivity index (χ1v) is 6.90. The number of likely N-dealkylation sites (N-methyl/N-ethyl adjacent to an activating group) is 1. The molecule has 0 aliphatic rings. The van der Waals surface area contributed by atoms with E-state index >= 15 is 0 Å². The number of nitrogens with one attached hydrogen (secondary N) is 1. The molecule has 106 valence electrons. The van der Waals surface area contributed by atoms with E-state index in [1.807, 2.05) is 12.1 Å². The van der Waals surface area contributed by atoms with Crippen LogP contribution in [0.25, 0.3) is 0 Å². The van der Waals surface area contributed by atoms with Crippen LogP contribution in [0.3, 0.4) is 0 Å². The van der Waals surface area contributed by atoms with Crippen molar-refractivity contribution in [3.63, 3.8) is 0 Å². The van der Waals surface area contributed by atoms with Crippen molar-refractivity contribution < 1.29 is 4.79 Å². The van der Waals surface area contributed by atoms with Crippen LogP contribution in [0, 0.1) is 5.92 Å². The smallest absolute Gasteiger partial charge is 0.241 e. The first kappa shape index (κ1) is 15.5. The first-order chi connectivity index (χ1) is 8.99. The van der Waals surface area contributed by atoms with E-state index in [0.717, 1.165) is 18.8 Å². The quantitative estimate of drug-likeness (QED) is 0.776. The molecule has 1 unspecified atom stereocenters. The Kier molecular flexibility index (Phi) is 5.83. The van der Waals surface area contributed by atoms with E-state index < -0.39 is 0 Å². The third-order valence-electron chi connectivity index (χ3n) is 3.26. The van der Waals surface area contributed by atoms with Gasteiger partial charge in [0.25, 0.3) is 0 Å². The minimum Gasteiger partial charge on any atom is -0.399 e. The molecule has 4 heteroatoms. The van der Waals surface area contributed by atoms with Crippen molar-refractivity contribution in [2.45, 2.75) is 33.7 Å². The van der Waals surface area contributed by atoms with E-state index in [2.05, 4.69) is 37.9 Å². The lowest BCUT2D eigenvalue weighted by Gasteiger charge is -2.31. The Hall–Kier alpha value is -1.55. The zero-order valence-corrected chi connectivity index (χ0v) is 12.3. The third kappa shape index (κ3) is 4.24. The summed E-state index contributed by atoms with van der Waals surface area (Å²) in [4.78, 5) is 14.6. The number of hydrogen-bond donors (Lipinski definition) is 2. The summed E-state index contributed by atoms with van der Waals surface area (Å²) in [5.41, 5.74) is 7.13. The van der Waals surface area contributed by atoms with Crippen LogP contribution < -0.4 is 11.1 Å². The van der Waals surface area contributed by atoms with Crippen LogP contribution in [0.1, 0.15) is 27.7 Å². The normalized spacial score (nSPS) is 12.7. The van der Waals surface area contributed by atoms with Crippen molar-refractivity contribution in [3.8, 4) is 0 Å². The summed E-state index contributed by atoms with van der Waals surface area (Å²) in [6, 6.07) is 7.16. The van der Waals surface area contributed by atoms with Crippen molar-refractivity contribution in [2.75, 3.05) is 24.1 Å². The first-order valence-electron chi connectivity index (χ1n) is 6.90. The number of nitrogens with zero attached hydrogens (tertiary/aromatic N) is 1. The van der Waals surface area contributed by atoms with Gasteiger partial charge in [0.05, 0.1) is 6.04 Å². The summed E-state index contributed by atoms with van der Waals surface area (Å²) in [6.45, 7) is 10.0. The fraction of sp³-hybridized carbons (Fsp3) is 0.533. The van der Waals surface area contributed by atoms with E-state index in [1.165, 1.54) is 0 Å². The highest BCUT2D eigenvalue weighted by Crippen LogP contribution is 2.16. The molecule has 3 N–H and O–H groups in total. The van der Waals surface area contributed by atoms with Gasteiger partial charge in [0.1, 0.15) is 0 Å². The molecule has 1 atom stereocenters. The largest absolute Gasteiger partial charge is 0.399 e. The van der Waals surface area contributed by atoms with Gasteiger partial charge in [-0.05, 0) is 37.2 Å². The third-order valence-corrected chi connectivity index (χ3v) is 3.26. The van der Waals surface area contributed by atoms with E-state index in [4.69, 9.17) is 5.73 Å². The molecule has 0 aromatic heterocycles. The average molecular weight is 263 g/mol. The molecule has 0 aliphatic heterocycles. The molecular formula is C15H25N3O. The lowest BCUT2D eigenvalue weighted by molar-refractivity contribution is -0.122. The van der Waals surface area contributed by atoms with Crippen molar-refractivity contribution in [1.82, 2.24) is 4.90 Å². The van der Waals surface area contributed by atoms with E-state index in [9.17, 15) is 4.79 Å². The van der Waals surface area contributed by atoms with Gasteiger partial charge >= 0.3 is 0 Å². The van der Waals surface area contributed by atoms with E-state index in [1.54, 1.807) is 12.1 Å². The molecule has 0 aliphatic carbocycles. The van der Waals surface area contributed by atoms with E-state index in [0.29, 0.717) is 5.69 Å². The zero-order valence-electron chi connectivity index (χ0n) is 12.3. The van der Waals surface area contributed by atoms with Gasteiger partial charge < -0.3 is 11.1 Å². The number of benzene rings is 1. The highest BCUT2D eigenvalue weighted by atomic mass is 16.2. The van der Waals surface area contributed by atoms with Gasteiger partial charge in [-0.2, -0.15) is 0 Å². The van der Waals surface area contributed by atoms with Crippen LogP contribution in [0.15, 0.2) is 24.3 Å². The Bertz CT molecular complexity index is 414. The molecule has 0 spiro atoms. The Labute approximate surface area is 116 Å². The summed E-state index contributed by atoms with van der Waals surface area (Å²) in [5.74, 6) is 0.297. The summed E-state index contributed by atoms with van der Waals surface area (Å²) in [6.07, 6.45) is 0. The minimum atomic E-state index is -0.114. The molecule has 1 aromatic carbocycles. The number of nitrogen functional groups attached to an aromatic ring is 1. The van der Waals surface area contributed by atoms with Crippen molar-refractivity contribution in [1.29, 1.82) is 0 Å². The van der Waals surface area contributed by atoms with Crippen LogP contribution in [0.5, 0.6) is 0 Å². The minimum absolute atomic E-state index is 0.0318. The van der Waals surface area contributed by atoms with Gasteiger partial charge in [0, 0.05) is 11.4 Å². The predicted molar refractivity (Wildman–Crippen MR) is 81.0 cm³/mol. The molecule has 19 heavy (non-hydrogen) atoms. The van der Waals surface area contributed by atoms with Crippen molar-refractivity contribution in [3.05, 3.63) is 24.3 Å². The second-order valence-corrected chi connectivity index (χ2v) is 5.02. The number of carbonyl (C=O) groups is 1. The number of rotatable bonds is 6. The fourth-order valence-corrected chi connectivity index (χ4v) is 2.34. The number of anilines is 2. The van der Waals surface area contributed by atoms with Crippen molar-refractivity contribution in [2.24, 2.45) is 5.92 Å². The monoisotopic (exact) mass is 263 g/mol. The van der Waals surface area contributed by atoms with Crippen LogP contribution in [-0.2, 0) is 4.79 Å². The molecule has 0 radical (unpaired) electrons. The number of hydrogen-bond acceptors (Lipinski definition) is 3. The molecule has 4 nitrogen and oxygen atoms in total. The molecule has 0 saturated heterocycles. The maximum atomic E-state index is 12.4. The molecular weight excluding hydrogens is 238 g/mol. The fourth-order valence-electron chi connectivity index (χ4n) is 2.34. The maximum absolute atomic E-state index is 12.4. The van der Waals surface area contributed by atoms with Crippen LogP contribution in [0.4, 0.5) is 11.4 Å².